The number of hydrogen-bond donors (Lipinski definition) is 7. The lowest BCUT2D eigenvalue weighted by molar-refractivity contribution is -0.247. The fourth-order valence-corrected chi connectivity index (χ4v) is 5.80. The molecule has 1 aliphatic heterocycles. The van der Waals surface area contributed by atoms with Crippen LogP contribution >= 0.6 is 12.4 Å². The van der Waals surface area contributed by atoms with Crippen LogP contribution in [0.5, 0.6) is 17.2 Å². The Morgan fingerprint density at radius 3 is 2.55 bits per heavy atom. The summed E-state index contributed by atoms with van der Waals surface area (Å²) < 4.78 is 17.1. The van der Waals surface area contributed by atoms with Crippen LogP contribution in [0.3, 0.4) is 0 Å². The first-order valence-corrected chi connectivity index (χ1v) is 12.5. The molecular weight excluding hydrogens is 548 g/mol. The molecule has 0 bridgehead atoms. The lowest BCUT2D eigenvalue weighted by atomic mass is 9.71. The number of Topliss-reactive ketones (excluding diaryl/α,β-unsaturated/α-hetero) is 1. The monoisotopic (exact) mass is 578 g/mol. The summed E-state index contributed by atoms with van der Waals surface area (Å²) in [5.41, 5.74) is 2.98. The molecule has 216 valence electrons. The maximum atomic E-state index is 13.6. The molecule has 2 aliphatic carbocycles. The highest BCUT2D eigenvalue weighted by Gasteiger charge is 2.49. The van der Waals surface area contributed by atoms with Gasteiger partial charge in [-0.05, 0) is 13.0 Å². The van der Waals surface area contributed by atoms with Crippen molar-refractivity contribution in [2.24, 2.45) is 5.73 Å². The molecule has 0 radical (unpaired) electrons. The topological polar surface area (TPSA) is 213 Å². The van der Waals surface area contributed by atoms with E-state index in [9.17, 15) is 35.1 Å². The van der Waals surface area contributed by atoms with E-state index in [1.165, 1.54) is 13.2 Å². The van der Waals surface area contributed by atoms with Gasteiger partial charge < -0.3 is 45.5 Å². The van der Waals surface area contributed by atoms with Gasteiger partial charge in [-0.3, -0.25) is 15.0 Å². The third-order valence-corrected chi connectivity index (χ3v) is 7.85. The quantitative estimate of drug-likeness (QED) is 0.208. The van der Waals surface area contributed by atoms with Crippen LogP contribution in [-0.2, 0) is 20.7 Å². The number of aromatic hydroxyl groups is 2. The number of fused-ring (bicyclic) bond motifs is 3. The van der Waals surface area contributed by atoms with Gasteiger partial charge >= 0.3 is 0 Å². The number of benzene rings is 2. The Bertz CT molecular complexity index is 1390. The van der Waals surface area contributed by atoms with Crippen LogP contribution in [0.25, 0.3) is 0 Å². The normalized spacial score (nSPS) is 29.1. The number of phenols is 2. The molecule has 2 aromatic carbocycles. The van der Waals surface area contributed by atoms with Crippen LogP contribution < -0.4 is 10.5 Å². The highest BCUT2D eigenvalue weighted by molar-refractivity contribution is 6.32. The molecule has 0 aromatic heterocycles. The second-order valence-corrected chi connectivity index (χ2v) is 10.2. The molecule has 1 saturated heterocycles. The largest absolute Gasteiger partial charge is 0.507 e. The summed E-state index contributed by atoms with van der Waals surface area (Å²) in [5, 5.41) is 62.7. The number of ether oxygens (including phenoxy) is 3. The minimum absolute atomic E-state index is 0. The number of ketones is 2. The number of methoxy groups -OCH3 is 1. The van der Waals surface area contributed by atoms with Crippen LogP contribution in [0, 0.1) is 5.41 Å². The summed E-state index contributed by atoms with van der Waals surface area (Å²) in [6, 6.07) is 3.87. The van der Waals surface area contributed by atoms with Crippen molar-refractivity contribution in [2.45, 2.75) is 62.4 Å². The van der Waals surface area contributed by atoms with Gasteiger partial charge in [-0.2, -0.15) is 0 Å². The summed E-state index contributed by atoms with van der Waals surface area (Å²) in [6.07, 6.45) is -4.89. The number of carbonyl (C=O) groups excluding carboxylic acids is 2. The smallest absolute Gasteiger partial charge is 0.198 e. The molecule has 1 fully saturated rings. The van der Waals surface area contributed by atoms with E-state index in [1.54, 1.807) is 19.1 Å². The zero-order valence-electron chi connectivity index (χ0n) is 21.7. The Kier molecular flexibility index (Phi) is 8.00. The van der Waals surface area contributed by atoms with E-state index < -0.39 is 78.8 Å². The van der Waals surface area contributed by atoms with Gasteiger partial charge in [0, 0.05) is 42.0 Å². The van der Waals surface area contributed by atoms with Crippen molar-refractivity contribution < 1.29 is 49.3 Å². The Labute approximate surface area is 235 Å². The van der Waals surface area contributed by atoms with E-state index in [2.05, 4.69) is 0 Å². The second-order valence-electron chi connectivity index (χ2n) is 10.2. The lowest BCUT2D eigenvalue weighted by Crippen LogP contribution is -2.53. The van der Waals surface area contributed by atoms with E-state index in [0.717, 1.165) is 0 Å². The van der Waals surface area contributed by atoms with E-state index in [0.29, 0.717) is 0 Å². The van der Waals surface area contributed by atoms with E-state index in [-0.39, 0.29) is 63.7 Å². The molecule has 12 nitrogen and oxygen atoms in total. The van der Waals surface area contributed by atoms with Crippen molar-refractivity contribution in [3.63, 3.8) is 0 Å². The summed E-state index contributed by atoms with van der Waals surface area (Å²) in [5.74, 6) is -2.57. The molecule has 0 amide bonds. The second kappa shape index (κ2) is 10.7. The van der Waals surface area contributed by atoms with E-state index in [1.807, 2.05) is 0 Å². The van der Waals surface area contributed by atoms with Crippen LogP contribution in [0.2, 0.25) is 0 Å². The molecule has 0 unspecified atom stereocenters. The number of aliphatic hydroxyl groups excluding tert-OH is 2. The minimum Gasteiger partial charge on any atom is -0.507 e. The maximum Gasteiger partial charge on any atom is 0.198 e. The Morgan fingerprint density at radius 2 is 1.93 bits per heavy atom. The van der Waals surface area contributed by atoms with Crippen molar-refractivity contribution >= 4 is 29.7 Å². The van der Waals surface area contributed by atoms with Gasteiger partial charge in [-0.1, -0.05) is 12.1 Å². The maximum absolute atomic E-state index is 13.6. The fraction of sp³-hybridized carbons (Fsp3) is 0.444. The first-order valence-electron chi connectivity index (χ1n) is 12.5. The number of carbonyl (C=O) groups is 2. The van der Waals surface area contributed by atoms with Crippen molar-refractivity contribution in [1.82, 2.24) is 0 Å². The number of nitrogens with one attached hydrogen (secondary N) is 1. The van der Waals surface area contributed by atoms with E-state index in [4.69, 9.17) is 25.4 Å². The van der Waals surface area contributed by atoms with Gasteiger partial charge in [0.2, 0.25) is 0 Å². The van der Waals surface area contributed by atoms with Crippen LogP contribution in [0.15, 0.2) is 18.2 Å². The van der Waals surface area contributed by atoms with Gasteiger partial charge in [0.1, 0.15) is 29.5 Å². The molecule has 0 spiro atoms. The van der Waals surface area contributed by atoms with Gasteiger partial charge in [-0.15, -0.1) is 12.4 Å². The third-order valence-electron chi connectivity index (χ3n) is 7.85. The molecule has 0 saturated carbocycles. The minimum atomic E-state index is -2.21. The number of aliphatic hydroxyl groups is 3. The third kappa shape index (κ3) is 4.45. The molecule has 6 atom stereocenters. The van der Waals surface area contributed by atoms with Crippen LogP contribution in [0.1, 0.15) is 64.0 Å². The molecule has 5 rings (SSSR count). The molecule has 13 heteroatoms. The molecular formula is C27H31ClN2O10. The molecule has 1 heterocycles. The van der Waals surface area contributed by atoms with Gasteiger partial charge in [0.05, 0.1) is 47.8 Å². The lowest BCUT2D eigenvalue weighted by Gasteiger charge is -2.42. The zero-order valence-corrected chi connectivity index (χ0v) is 22.5. The number of rotatable bonds is 5. The summed E-state index contributed by atoms with van der Waals surface area (Å²) in [6.45, 7) is 0.596. The highest BCUT2D eigenvalue weighted by atomic mass is 35.5. The first kappa shape index (κ1) is 29.9. The van der Waals surface area contributed by atoms with Crippen LogP contribution in [0.4, 0.5) is 0 Å². The Hall–Kier alpha value is -3.10. The van der Waals surface area contributed by atoms with E-state index >= 15 is 0 Å². The van der Waals surface area contributed by atoms with Gasteiger partial charge in [0.25, 0.3) is 0 Å². The Morgan fingerprint density at radius 1 is 1.23 bits per heavy atom. The summed E-state index contributed by atoms with van der Waals surface area (Å²) in [7, 11) is 1.38. The zero-order chi connectivity index (χ0) is 28.4. The number of halogens is 1. The molecule has 2 aromatic rings. The predicted molar refractivity (Wildman–Crippen MR) is 142 cm³/mol. The van der Waals surface area contributed by atoms with Crippen molar-refractivity contribution in [2.75, 3.05) is 13.7 Å². The molecule has 8 N–H and O–H groups in total. The first-order chi connectivity index (χ1) is 18.4. The highest BCUT2D eigenvalue weighted by Crippen LogP contribution is 2.52. The average molecular weight is 579 g/mol. The number of hydrogen-bond acceptors (Lipinski definition) is 12. The number of phenolic OH excluding ortho intramolecular Hbond substituents is 2. The van der Waals surface area contributed by atoms with Crippen molar-refractivity contribution in [3.8, 4) is 17.2 Å². The van der Waals surface area contributed by atoms with Gasteiger partial charge in [-0.25, -0.2) is 0 Å². The van der Waals surface area contributed by atoms with Crippen molar-refractivity contribution in [1.29, 1.82) is 5.41 Å². The number of nitrogens with two attached hydrogens (primary N) is 1. The predicted octanol–water partition coefficient (Wildman–Crippen LogP) is 0.608. The standard InChI is InChI=1S/C27H30N2O10.ClH/c1-10-23(32)13(28)6-17(38-10)39-15-8-27(36,16(31)9-30)7-12-19(15)26(35)20-21(25(12)34)24(33)11-4-3-5-14(37-2)18(11)22(20)29;/h3-5,10,13,15,17,23,29-30,32,34-36H,6-9,28H2,1-2H3;1H/t10-,13-,15-,17-,23+,27-;/m0./s1. The average Bonchev–Trinajstić information content (AvgIpc) is 2.90. The Balaban J connectivity index is 0.00000370. The summed E-state index contributed by atoms with van der Waals surface area (Å²) in [4.78, 5) is 26.2. The molecule has 3 aliphatic rings. The van der Waals surface area contributed by atoms with Gasteiger partial charge in [0.15, 0.2) is 17.9 Å². The van der Waals surface area contributed by atoms with Crippen molar-refractivity contribution in [3.05, 3.63) is 51.6 Å². The molecule has 40 heavy (non-hydrogen) atoms. The SMILES string of the molecule is COc1cccc2c1C(=N)c1c(O)c3c(c(O)c1C2=O)C[C@@](O)(C(=O)CO)C[C@@H]3O[C@H]1C[C@H](N)[C@H](O)[C@H](C)O1.Cl. The van der Waals surface area contributed by atoms with Crippen LogP contribution in [-0.4, -0.2) is 86.7 Å². The summed E-state index contributed by atoms with van der Waals surface area (Å²) >= 11 is 0. The fourth-order valence-electron chi connectivity index (χ4n) is 5.80.